The maximum Gasteiger partial charge on any atom is 0.233 e. The van der Waals surface area contributed by atoms with Gasteiger partial charge in [0, 0.05) is 19.1 Å². The van der Waals surface area contributed by atoms with Gasteiger partial charge in [-0.05, 0) is 63.6 Å². The average Bonchev–Trinajstić information content (AvgIpc) is 3.14. The number of thioether (sulfide) groups is 1. The highest BCUT2D eigenvalue weighted by atomic mass is 32.2. The molecule has 1 aromatic carbocycles. The van der Waals surface area contributed by atoms with Crippen molar-refractivity contribution in [2.45, 2.75) is 77.7 Å². The molecule has 0 N–H and O–H groups in total. The van der Waals surface area contributed by atoms with Crippen molar-refractivity contribution in [3.05, 3.63) is 35.2 Å². The van der Waals surface area contributed by atoms with E-state index in [4.69, 9.17) is 4.74 Å². The first kappa shape index (κ1) is 21.7. The minimum Gasteiger partial charge on any atom is -0.485 e. The Balaban J connectivity index is 1.62. The summed E-state index contributed by atoms with van der Waals surface area (Å²) < 4.78 is 8.04. The largest absolute Gasteiger partial charge is 0.485 e. The average molecular weight is 417 g/mol. The number of rotatable bonds is 8. The zero-order chi connectivity index (χ0) is 20.8. The van der Waals surface area contributed by atoms with Crippen molar-refractivity contribution in [1.82, 2.24) is 19.7 Å². The number of likely N-dealkylation sites (tertiary alicyclic amines) is 1. The molecule has 2 aromatic rings. The third kappa shape index (κ3) is 5.13. The van der Waals surface area contributed by atoms with Gasteiger partial charge in [0.1, 0.15) is 12.4 Å². The van der Waals surface area contributed by atoms with E-state index in [0.717, 1.165) is 54.6 Å². The summed E-state index contributed by atoms with van der Waals surface area (Å²) in [5, 5.41) is 9.42. The molecule has 0 radical (unpaired) electrons. The number of benzene rings is 1. The number of piperidine rings is 1. The van der Waals surface area contributed by atoms with Gasteiger partial charge in [-0.2, -0.15) is 0 Å². The van der Waals surface area contributed by atoms with Crippen molar-refractivity contribution in [2.75, 3.05) is 12.3 Å². The molecule has 1 aliphatic heterocycles. The summed E-state index contributed by atoms with van der Waals surface area (Å²) in [6.45, 7) is 10.4. The molecular weight excluding hydrogens is 384 g/mol. The Bertz CT molecular complexity index is 836. The number of aromatic nitrogens is 3. The van der Waals surface area contributed by atoms with Gasteiger partial charge in [0.2, 0.25) is 5.91 Å². The van der Waals surface area contributed by atoms with Crippen LogP contribution in [-0.4, -0.2) is 43.9 Å². The molecule has 0 aliphatic carbocycles. The van der Waals surface area contributed by atoms with Gasteiger partial charge in [-0.25, -0.2) is 0 Å². The van der Waals surface area contributed by atoms with Gasteiger partial charge in [0.15, 0.2) is 11.0 Å². The van der Waals surface area contributed by atoms with Gasteiger partial charge < -0.3 is 14.2 Å². The molecule has 158 valence electrons. The second-order valence-corrected chi connectivity index (χ2v) is 8.51. The molecule has 2 heterocycles. The lowest BCUT2D eigenvalue weighted by Gasteiger charge is -2.35. The predicted octanol–water partition coefficient (Wildman–Crippen LogP) is 4.38. The number of carbonyl (C=O) groups is 1. The summed E-state index contributed by atoms with van der Waals surface area (Å²) >= 11 is 1.48. The lowest BCUT2D eigenvalue weighted by Crippen LogP contribution is -2.44. The van der Waals surface area contributed by atoms with Gasteiger partial charge >= 0.3 is 0 Å². The van der Waals surface area contributed by atoms with E-state index >= 15 is 0 Å². The van der Waals surface area contributed by atoms with Crippen LogP contribution in [0.3, 0.4) is 0 Å². The van der Waals surface area contributed by atoms with Crippen molar-refractivity contribution in [3.63, 3.8) is 0 Å². The summed E-state index contributed by atoms with van der Waals surface area (Å²) in [5.74, 6) is 2.27. The first-order valence-corrected chi connectivity index (χ1v) is 11.6. The SMILES string of the molecule is CC[C@H]1CCCCN1C(=O)CSc1nnc(COc2cccc(C)c2C)n1CC. The van der Waals surface area contributed by atoms with Crippen LogP contribution < -0.4 is 4.74 Å². The van der Waals surface area contributed by atoms with Crippen molar-refractivity contribution in [3.8, 4) is 5.75 Å². The summed E-state index contributed by atoms with van der Waals surface area (Å²) in [6.07, 6.45) is 4.49. The van der Waals surface area contributed by atoms with Crippen LogP contribution in [0.4, 0.5) is 0 Å². The molecule has 0 unspecified atom stereocenters. The molecule has 1 aromatic heterocycles. The molecule has 0 spiro atoms. The number of amides is 1. The molecular formula is C22H32N4O2S. The third-order valence-electron chi connectivity index (χ3n) is 5.76. The molecule has 1 fully saturated rings. The smallest absolute Gasteiger partial charge is 0.233 e. The molecule has 3 rings (SSSR count). The van der Waals surface area contributed by atoms with E-state index in [9.17, 15) is 4.79 Å². The minimum absolute atomic E-state index is 0.209. The lowest BCUT2D eigenvalue weighted by molar-refractivity contribution is -0.132. The lowest BCUT2D eigenvalue weighted by atomic mass is 10.0. The van der Waals surface area contributed by atoms with Crippen LogP contribution in [0, 0.1) is 13.8 Å². The quantitative estimate of drug-likeness (QED) is 0.598. The van der Waals surface area contributed by atoms with E-state index in [0.29, 0.717) is 18.4 Å². The van der Waals surface area contributed by atoms with Gasteiger partial charge in [-0.1, -0.05) is 30.8 Å². The second-order valence-electron chi connectivity index (χ2n) is 7.56. The number of ether oxygens (including phenoxy) is 1. The van der Waals surface area contributed by atoms with E-state index in [2.05, 4.69) is 48.9 Å². The number of aryl methyl sites for hydroxylation is 1. The Morgan fingerprint density at radius 3 is 2.83 bits per heavy atom. The topological polar surface area (TPSA) is 60.3 Å². The first-order valence-electron chi connectivity index (χ1n) is 10.6. The zero-order valence-electron chi connectivity index (χ0n) is 18.0. The fraction of sp³-hybridized carbons (Fsp3) is 0.591. The monoisotopic (exact) mass is 416 g/mol. The van der Waals surface area contributed by atoms with Crippen LogP contribution in [-0.2, 0) is 17.9 Å². The first-order chi connectivity index (χ1) is 14.0. The number of hydrogen-bond donors (Lipinski definition) is 0. The molecule has 7 heteroatoms. The van der Waals surface area contributed by atoms with Crippen molar-refractivity contribution in [1.29, 1.82) is 0 Å². The maximum atomic E-state index is 12.8. The summed E-state index contributed by atoms with van der Waals surface area (Å²) in [6, 6.07) is 6.45. The van der Waals surface area contributed by atoms with Crippen LogP contribution in [0.15, 0.2) is 23.4 Å². The normalized spacial score (nSPS) is 16.8. The molecule has 1 amide bonds. The van der Waals surface area contributed by atoms with Crippen LogP contribution in [0.2, 0.25) is 0 Å². The van der Waals surface area contributed by atoms with Gasteiger partial charge in [0.25, 0.3) is 0 Å². The fourth-order valence-electron chi connectivity index (χ4n) is 3.84. The zero-order valence-corrected chi connectivity index (χ0v) is 18.8. The van der Waals surface area contributed by atoms with E-state index in [1.165, 1.54) is 23.7 Å². The van der Waals surface area contributed by atoms with Crippen LogP contribution in [0.1, 0.15) is 56.5 Å². The Morgan fingerprint density at radius 2 is 2.07 bits per heavy atom. The minimum atomic E-state index is 0.209. The van der Waals surface area contributed by atoms with Gasteiger partial charge in [0.05, 0.1) is 5.75 Å². The molecule has 1 aliphatic rings. The molecule has 0 saturated carbocycles. The van der Waals surface area contributed by atoms with Crippen molar-refractivity contribution in [2.24, 2.45) is 0 Å². The van der Waals surface area contributed by atoms with Crippen LogP contribution in [0.25, 0.3) is 0 Å². The molecule has 1 saturated heterocycles. The highest BCUT2D eigenvalue weighted by Crippen LogP contribution is 2.24. The molecule has 29 heavy (non-hydrogen) atoms. The second kappa shape index (κ2) is 10.1. The maximum absolute atomic E-state index is 12.8. The predicted molar refractivity (Wildman–Crippen MR) is 116 cm³/mol. The fourth-order valence-corrected chi connectivity index (χ4v) is 4.74. The number of hydrogen-bond acceptors (Lipinski definition) is 5. The molecule has 0 bridgehead atoms. The number of carbonyl (C=O) groups excluding carboxylic acids is 1. The van der Waals surface area contributed by atoms with Crippen molar-refractivity contribution >= 4 is 17.7 Å². The van der Waals surface area contributed by atoms with Gasteiger partial charge in [-0.3, -0.25) is 4.79 Å². The third-order valence-corrected chi connectivity index (χ3v) is 6.72. The highest BCUT2D eigenvalue weighted by molar-refractivity contribution is 7.99. The molecule has 6 nitrogen and oxygen atoms in total. The van der Waals surface area contributed by atoms with Crippen LogP contribution >= 0.6 is 11.8 Å². The summed E-state index contributed by atoms with van der Waals surface area (Å²) in [5.41, 5.74) is 2.35. The molecule has 1 atom stereocenters. The Hall–Kier alpha value is -2.02. The van der Waals surface area contributed by atoms with Crippen LogP contribution in [0.5, 0.6) is 5.75 Å². The Kier molecular flexibility index (Phi) is 7.58. The van der Waals surface area contributed by atoms with E-state index in [-0.39, 0.29) is 5.91 Å². The Labute approximate surface area is 178 Å². The van der Waals surface area contributed by atoms with Crippen molar-refractivity contribution < 1.29 is 9.53 Å². The highest BCUT2D eigenvalue weighted by Gasteiger charge is 2.25. The van der Waals surface area contributed by atoms with E-state index in [1.807, 2.05) is 16.7 Å². The number of nitrogens with zero attached hydrogens (tertiary/aromatic N) is 4. The Morgan fingerprint density at radius 1 is 1.24 bits per heavy atom. The van der Waals surface area contributed by atoms with E-state index in [1.54, 1.807) is 0 Å². The standard InChI is InChI=1S/C22H32N4O2S/c1-5-18-11-7-8-13-26(18)21(27)15-29-22-24-23-20(25(22)6-2)14-28-19-12-9-10-16(3)17(19)4/h9-10,12,18H,5-8,11,13-15H2,1-4H3/t18-/m0/s1. The summed E-state index contributed by atoms with van der Waals surface area (Å²) in [7, 11) is 0. The van der Waals surface area contributed by atoms with E-state index < -0.39 is 0 Å². The summed E-state index contributed by atoms with van der Waals surface area (Å²) in [4.78, 5) is 14.8. The van der Waals surface area contributed by atoms with Gasteiger partial charge in [-0.15, -0.1) is 10.2 Å².